The van der Waals surface area contributed by atoms with Gasteiger partial charge in [-0.3, -0.25) is 0 Å². The van der Waals surface area contributed by atoms with E-state index in [2.05, 4.69) is 18.2 Å². The fraction of sp³-hybridized carbons (Fsp3) is 0.312. The molecule has 0 atom stereocenters. The lowest BCUT2D eigenvalue weighted by molar-refractivity contribution is 0.0607. The number of ether oxygens (including phenoxy) is 1. The second-order valence-electron chi connectivity index (χ2n) is 5.07. The number of nitrogens with two attached hydrogens (primary N) is 1. The number of hydrogen-bond donors (Lipinski definition) is 1. The van der Waals surface area contributed by atoms with Crippen molar-refractivity contribution < 1.29 is 9.53 Å². The Hall–Kier alpha value is -1.81. The third kappa shape index (κ3) is 2.20. The standard InChI is InChI=1S/C16H17NO2S/c1-19-16(18)15-14(17)13(9-20-15)12-7-6-10-4-2-3-5-11(10)8-12/h6-9H,2-5,17H2,1H3. The first-order valence-electron chi connectivity index (χ1n) is 6.78. The molecule has 2 aromatic rings. The summed E-state index contributed by atoms with van der Waals surface area (Å²) >= 11 is 1.34. The fourth-order valence-electron chi connectivity index (χ4n) is 2.74. The van der Waals surface area contributed by atoms with Crippen molar-refractivity contribution in [3.05, 3.63) is 39.6 Å². The molecule has 0 fully saturated rings. The van der Waals surface area contributed by atoms with Crippen LogP contribution in [0.2, 0.25) is 0 Å². The molecule has 0 saturated carbocycles. The second-order valence-corrected chi connectivity index (χ2v) is 5.95. The highest BCUT2D eigenvalue weighted by molar-refractivity contribution is 7.13. The smallest absolute Gasteiger partial charge is 0.350 e. The number of carbonyl (C=O) groups excluding carboxylic acids is 1. The van der Waals surface area contributed by atoms with Crippen LogP contribution in [0.5, 0.6) is 0 Å². The van der Waals surface area contributed by atoms with E-state index in [-0.39, 0.29) is 5.97 Å². The van der Waals surface area contributed by atoms with Crippen LogP contribution in [0.3, 0.4) is 0 Å². The third-order valence-electron chi connectivity index (χ3n) is 3.86. The Morgan fingerprint density at radius 3 is 2.75 bits per heavy atom. The predicted molar refractivity (Wildman–Crippen MR) is 82.1 cm³/mol. The van der Waals surface area contributed by atoms with Crippen LogP contribution < -0.4 is 5.73 Å². The van der Waals surface area contributed by atoms with Crippen molar-refractivity contribution in [3.8, 4) is 11.1 Å². The van der Waals surface area contributed by atoms with E-state index < -0.39 is 0 Å². The average Bonchev–Trinajstić information content (AvgIpc) is 2.87. The van der Waals surface area contributed by atoms with E-state index in [9.17, 15) is 4.79 Å². The molecule has 4 heteroatoms. The maximum atomic E-state index is 11.6. The molecule has 3 rings (SSSR count). The number of thiophene rings is 1. The van der Waals surface area contributed by atoms with Gasteiger partial charge >= 0.3 is 5.97 Å². The Bertz CT molecular complexity index is 660. The lowest BCUT2D eigenvalue weighted by atomic mass is 9.89. The quantitative estimate of drug-likeness (QED) is 0.858. The summed E-state index contributed by atoms with van der Waals surface area (Å²) in [6.07, 6.45) is 4.83. The Balaban J connectivity index is 2.01. The molecule has 0 saturated heterocycles. The van der Waals surface area contributed by atoms with Gasteiger partial charge in [-0.2, -0.15) is 0 Å². The van der Waals surface area contributed by atoms with Gasteiger partial charge in [-0.25, -0.2) is 4.79 Å². The van der Waals surface area contributed by atoms with Gasteiger partial charge in [0.25, 0.3) is 0 Å². The lowest BCUT2D eigenvalue weighted by Gasteiger charge is -2.16. The highest BCUT2D eigenvalue weighted by Gasteiger charge is 2.18. The number of hydrogen-bond acceptors (Lipinski definition) is 4. The number of benzene rings is 1. The summed E-state index contributed by atoms with van der Waals surface area (Å²) in [4.78, 5) is 12.1. The minimum absolute atomic E-state index is 0.364. The summed E-state index contributed by atoms with van der Waals surface area (Å²) in [5.74, 6) is -0.364. The van der Waals surface area contributed by atoms with Gasteiger partial charge in [0.05, 0.1) is 12.8 Å². The van der Waals surface area contributed by atoms with Crippen LogP contribution in [0.15, 0.2) is 23.6 Å². The summed E-state index contributed by atoms with van der Waals surface area (Å²) in [5.41, 5.74) is 11.5. The van der Waals surface area contributed by atoms with Crippen LogP contribution in [0.25, 0.3) is 11.1 Å². The van der Waals surface area contributed by atoms with Crippen molar-refractivity contribution in [2.45, 2.75) is 25.7 Å². The average molecular weight is 287 g/mol. The minimum Gasteiger partial charge on any atom is -0.465 e. The van der Waals surface area contributed by atoms with Gasteiger partial charge in [0.2, 0.25) is 0 Å². The number of fused-ring (bicyclic) bond motifs is 1. The maximum Gasteiger partial charge on any atom is 0.350 e. The number of nitrogen functional groups attached to an aromatic ring is 1. The zero-order valence-electron chi connectivity index (χ0n) is 11.4. The molecule has 0 spiro atoms. The summed E-state index contributed by atoms with van der Waals surface area (Å²) in [6, 6.07) is 6.51. The zero-order valence-corrected chi connectivity index (χ0v) is 12.3. The summed E-state index contributed by atoms with van der Waals surface area (Å²) in [6.45, 7) is 0. The number of anilines is 1. The van der Waals surface area contributed by atoms with Crippen molar-refractivity contribution in [2.24, 2.45) is 0 Å². The van der Waals surface area contributed by atoms with Crippen molar-refractivity contribution in [1.29, 1.82) is 0 Å². The summed E-state index contributed by atoms with van der Waals surface area (Å²) < 4.78 is 4.75. The molecule has 104 valence electrons. The fourth-order valence-corrected chi connectivity index (χ4v) is 3.66. The molecular formula is C16H17NO2S. The molecule has 0 aliphatic heterocycles. The van der Waals surface area contributed by atoms with Crippen LogP contribution in [-0.4, -0.2) is 13.1 Å². The van der Waals surface area contributed by atoms with Gasteiger partial charge in [0.15, 0.2) is 0 Å². The van der Waals surface area contributed by atoms with E-state index in [1.54, 1.807) is 0 Å². The van der Waals surface area contributed by atoms with Gasteiger partial charge in [-0.1, -0.05) is 18.2 Å². The highest BCUT2D eigenvalue weighted by atomic mass is 32.1. The first kappa shape index (κ1) is 13.2. The highest BCUT2D eigenvalue weighted by Crippen LogP contribution is 2.36. The lowest BCUT2D eigenvalue weighted by Crippen LogP contribution is -2.03. The molecule has 0 bridgehead atoms. The van der Waals surface area contributed by atoms with E-state index in [1.165, 1.54) is 48.8 Å². The van der Waals surface area contributed by atoms with E-state index in [0.29, 0.717) is 10.6 Å². The van der Waals surface area contributed by atoms with Gasteiger partial charge in [0.1, 0.15) is 4.88 Å². The normalized spacial score (nSPS) is 13.8. The minimum atomic E-state index is -0.364. The molecule has 20 heavy (non-hydrogen) atoms. The molecule has 1 aliphatic rings. The molecule has 1 aliphatic carbocycles. The van der Waals surface area contributed by atoms with E-state index in [0.717, 1.165) is 17.5 Å². The van der Waals surface area contributed by atoms with Crippen molar-refractivity contribution in [2.75, 3.05) is 12.8 Å². The SMILES string of the molecule is COC(=O)c1scc(-c2ccc3c(c2)CCCC3)c1N. The van der Waals surface area contributed by atoms with E-state index >= 15 is 0 Å². The summed E-state index contributed by atoms with van der Waals surface area (Å²) in [5, 5.41) is 1.94. The van der Waals surface area contributed by atoms with E-state index in [4.69, 9.17) is 10.5 Å². The maximum absolute atomic E-state index is 11.6. The Labute approximate surface area is 122 Å². The first-order chi connectivity index (χ1) is 9.70. The van der Waals surface area contributed by atoms with E-state index in [1.807, 2.05) is 5.38 Å². The summed E-state index contributed by atoms with van der Waals surface area (Å²) in [7, 11) is 1.38. The van der Waals surface area contributed by atoms with Crippen LogP contribution in [0.4, 0.5) is 5.69 Å². The molecule has 0 amide bonds. The van der Waals surface area contributed by atoms with Gasteiger partial charge in [0, 0.05) is 10.9 Å². The molecule has 1 aromatic carbocycles. The molecule has 2 N–H and O–H groups in total. The van der Waals surface area contributed by atoms with Crippen LogP contribution in [0, 0.1) is 0 Å². The molecule has 0 unspecified atom stereocenters. The molecule has 3 nitrogen and oxygen atoms in total. The third-order valence-corrected chi connectivity index (χ3v) is 4.84. The van der Waals surface area contributed by atoms with Crippen molar-refractivity contribution in [3.63, 3.8) is 0 Å². The molecule has 1 heterocycles. The number of rotatable bonds is 2. The van der Waals surface area contributed by atoms with Crippen LogP contribution in [-0.2, 0) is 17.6 Å². The molecule has 1 aromatic heterocycles. The van der Waals surface area contributed by atoms with Gasteiger partial charge in [-0.05, 0) is 42.4 Å². The van der Waals surface area contributed by atoms with Crippen molar-refractivity contribution >= 4 is 23.0 Å². The Morgan fingerprint density at radius 1 is 1.25 bits per heavy atom. The largest absolute Gasteiger partial charge is 0.465 e. The Morgan fingerprint density at radius 2 is 2.00 bits per heavy atom. The predicted octanol–water partition coefficient (Wildman–Crippen LogP) is 3.66. The second kappa shape index (κ2) is 5.29. The van der Waals surface area contributed by atoms with Crippen molar-refractivity contribution in [1.82, 2.24) is 0 Å². The molecule has 0 radical (unpaired) electrons. The number of methoxy groups -OCH3 is 1. The van der Waals surface area contributed by atoms with Gasteiger partial charge < -0.3 is 10.5 Å². The topological polar surface area (TPSA) is 52.3 Å². The first-order valence-corrected chi connectivity index (χ1v) is 7.66. The number of carbonyl (C=O) groups is 1. The van der Waals surface area contributed by atoms with Crippen LogP contribution in [0.1, 0.15) is 33.6 Å². The van der Waals surface area contributed by atoms with Gasteiger partial charge in [-0.15, -0.1) is 11.3 Å². The Kier molecular flexibility index (Phi) is 3.49. The number of esters is 1. The molecular weight excluding hydrogens is 270 g/mol. The zero-order chi connectivity index (χ0) is 14.1. The van der Waals surface area contributed by atoms with Crippen LogP contribution >= 0.6 is 11.3 Å². The number of aryl methyl sites for hydroxylation is 2. The monoisotopic (exact) mass is 287 g/mol.